The van der Waals surface area contributed by atoms with Crippen LogP contribution < -0.4 is 5.32 Å². The van der Waals surface area contributed by atoms with Gasteiger partial charge in [0, 0.05) is 24.8 Å². The molecule has 1 aliphatic rings. The van der Waals surface area contributed by atoms with Crippen LogP contribution in [0.2, 0.25) is 0 Å². The Kier molecular flexibility index (Phi) is 3.77. The molecule has 0 aliphatic heterocycles. The number of benzene rings is 1. The van der Waals surface area contributed by atoms with E-state index < -0.39 is 0 Å². The Morgan fingerprint density at radius 1 is 1.27 bits per heavy atom. The number of nitrogens with one attached hydrogen (secondary N) is 1. The largest absolute Gasteiger partial charge is 0.351 e. The maximum absolute atomic E-state index is 12.8. The highest BCUT2D eigenvalue weighted by molar-refractivity contribution is 5.89. The summed E-state index contributed by atoms with van der Waals surface area (Å²) >= 11 is 0. The first-order chi connectivity index (χ1) is 10.5. The van der Waals surface area contributed by atoms with Gasteiger partial charge in [-0.15, -0.1) is 0 Å². The SMILES string of the molecule is Cc1nn(C)c(C)c1CNC(=O)C1(c2ccccc2)CCC1. The predicted octanol–water partition coefficient (Wildman–Crippen LogP) is 2.78. The average Bonchev–Trinajstić information content (AvgIpc) is 2.70. The summed E-state index contributed by atoms with van der Waals surface area (Å²) in [4.78, 5) is 12.8. The minimum Gasteiger partial charge on any atom is -0.351 e. The fourth-order valence-electron chi connectivity index (χ4n) is 3.35. The van der Waals surface area contributed by atoms with Crippen LogP contribution >= 0.6 is 0 Å². The second-order valence-corrected chi connectivity index (χ2v) is 6.26. The Bertz CT molecular complexity index is 684. The standard InChI is InChI=1S/C18H23N3O/c1-13-16(14(2)21(3)20-13)12-19-17(22)18(10-7-11-18)15-8-5-4-6-9-15/h4-6,8-9H,7,10-12H2,1-3H3,(H,19,22). The molecule has 0 saturated heterocycles. The summed E-state index contributed by atoms with van der Waals surface area (Å²) in [5.41, 5.74) is 4.03. The fourth-order valence-corrected chi connectivity index (χ4v) is 3.35. The minimum absolute atomic E-state index is 0.146. The van der Waals surface area contributed by atoms with E-state index in [0.717, 1.165) is 41.8 Å². The van der Waals surface area contributed by atoms with Gasteiger partial charge in [-0.05, 0) is 32.3 Å². The van der Waals surface area contributed by atoms with Crippen molar-refractivity contribution in [1.82, 2.24) is 15.1 Å². The normalized spacial score (nSPS) is 16.1. The zero-order valence-corrected chi connectivity index (χ0v) is 13.5. The summed E-state index contributed by atoms with van der Waals surface area (Å²) in [5, 5.41) is 7.55. The zero-order valence-electron chi connectivity index (χ0n) is 13.5. The maximum Gasteiger partial charge on any atom is 0.230 e. The van der Waals surface area contributed by atoms with E-state index in [-0.39, 0.29) is 11.3 Å². The summed E-state index contributed by atoms with van der Waals surface area (Å²) in [6.45, 7) is 4.58. The van der Waals surface area contributed by atoms with E-state index in [1.54, 1.807) is 0 Å². The number of amides is 1. The molecule has 2 aromatic rings. The number of aryl methyl sites for hydroxylation is 2. The first-order valence-corrected chi connectivity index (χ1v) is 7.87. The van der Waals surface area contributed by atoms with Crippen LogP contribution in [0.3, 0.4) is 0 Å². The molecule has 4 nitrogen and oxygen atoms in total. The quantitative estimate of drug-likeness (QED) is 0.943. The predicted molar refractivity (Wildman–Crippen MR) is 86.5 cm³/mol. The van der Waals surface area contributed by atoms with Crippen molar-refractivity contribution in [3.05, 3.63) is 52.8 Å². The van der Waals surface area contributed by atoms with Crippen molar-refractivity contribution in [2.45, 2.75) is 45.1 Å². The van der Waals surface area contributed by atoms with Crippen LogP contribution in [-0.2, 0) is 23.8 Å². The highest BCUT2D eigenvalue weighted by Crippen LogP contribution is 2.43. The van der Waals surface area contributed by atoms with Gasteiger partial charge < -0.3 is 5.32 Å². The summed E-state index contributed by atoms with van der Waals surface area (Å²) < 4.78 is 1.87. The molecule has 1 N–H and O–H groups in total. The maximum atomic E-state index is 12.8. The molecular formula is C18H23N3O. The molecule has 22 heavy (non-hydrogen) atoms. The van der Waals surface area contributed by atoms with E-state index in [1.165, 1.54) is 0 Å². The van der Waals surface area contributed by atoms with Crippen molar-refractivity contribution < 1.29 is 4.79 Å². The van der Waals surface area contributed by atoms with E-state index in [2.05, 4.69) is 22.5 Å². The molecule has 1 aromatic carbocycles. The zero-order chi connectivity index (χ0) is 15.7. The van der Waals surface area contributed by atoms with Gasteiger partial charge in [0.1, 0.15) is 0 Å². The third kappa shape index (κ3) is 2.32. The lowest BCUT2D eigenvalue weighted by molar-refractivity contribution is -0.130. The molecule has 3 rings (SSSR count). The molecular weight excluding hydrogens is 274 g/mol. The van der Waals surface area contributed by atoms with E-state index in [0.29, 0.717) is 6.54 Å². The van der Waals surface area contributed by atoms with Gasteiger partial charge >= 0.3 is 0 Å². The van der Waals surface area contributed by atoms with Crippen LogP contribution in [0.1, 0.15) is 41.8 Å². The first kappa shape index (κ1) is 14.8. The minimum atomic E-state index is -0.328. The van der Waals surface area contributed by atoms with Crippen LogP contribution in [0.5, 0.6) is 0 Å². The molecule has 0 radical (unpaired) electrons. The average molecular weight is 297 g/mol. The third-order valence-electron chi connectivity index (χ3n) is 5.05. The number of carbonyl (C=O) groups is 1. The molecule has 0 bridgehead atoms. The van der Waals surface area contributed by atoms with Crippen LogP contribution in [-0.4, -0.2) is 15.7 Å². The molecule has 4 heteroatoms. The Balaban J connectivity index is 1.76. The van der Waals surface area contributed by atoms with Gasteiger partial charge in [-0.1, -0.05) is 36.8 Å². The molecule has 1 fully saturated rings. The summed E-state index contributed by atoms with van der Waals surface area (Å²) in [6.07, 6.45) is 3.00. The highest BCUT2D eigenvalue weighted by atomic mass is 16.2. The van der Waals surface area contributed by atoms with Crippen LogP contribution in [0.25, 0.3) is 0 Å². The first-order valence-electron chi connectivity index (χ1n) is 7.87. The van der Waals surface area contributed by atoms with Crippen LogP contribution in [0.15, 0.2) is 30.3 Å². The molecule has 0 unspecified atom stereocenters. The van der Waals surface area contributed by atoms with Crippen molar-refractivity contribution in [3.8, 4) is 0 Å². The number of aromatic nitrogens is 2. The molecule has 0 atom stereocenters. The smallest absolute Gasteiger partial charge is 0.230 e. The lowest BCUT2D eigenvalue weighted by atomic mass is 9.64. The Morgan fingerprint density at radius 2 is 1.95 bits per heavy atom. The Hall–Kier alpha value is -2.10. The van der Waals surface area contributed by atoms with E-state index >= 15 is 0 Å². The number of hydrogen-bond acceptors (Lipinski definition) is 2. The van der Waals surface area contributed by atoms with E-state index in [9.17, 15) is 4.79 Å². The molecule has 1 amide bonds. The summed E-state index contributed by atoms with van der Waals surface area (Å²) in [7, 11) is 1.94. The van der Waals surface area contributed by atoms with E-state index in [1.807, 2.05) is 43.8 Å². The van der Waals surface area contributed by atoms with Gasteiger partial charge in [0.05, 0.1) is 11.1 Å². The van der Waals surface area contributed by atoms with Gasteiger partial charge in [0.25, 0.3) is 0 Å². The molecule has 1 heterocycles. The molecule has 0 spiro atoms. The third-order valence-corrected chi connectivity index (χ3v) is 5.05. The topological polar surface area (TPSA) is 46.9 Å². The monoisotopic (exact) mass is 297 g/mol. The summed E-state index contributed by atoms with van der Waals surface area (Å²) in [5.74, 6) is 0.146. The number of nitrogens with zero attached hydrogens (tertiary/aromatic N) is 2. The molecule has 1 saturated carbocycles. The van der Waals surface area contributed by atoms with Crippen LogP contribution in [0.4, 0.5) is 0 Å². The lowest BCUT2D eigenvalue weighted by Crippen LogP contribution is -2.49. The second kappa shape index (κ2) is 5.59. The number of carbonyl (C=O) groups excluding carboxylic acids is 1. The van der Waals surface area contributed by atoms with Gasteiger partial charge in [0.15, 0.2) is 0 Å². The van der Waals surface area contributed by atoms with Gasteiger partial charge in [-0.3, -0.25) is 9.48 Å². The van der Waals surface area contributed by atoms with Crippen molar-refractivity contribution in [3.63, 3.8) is 0 Å². The van der Waals surface area contributed by atoms with Gasteiger partial charge in [0.2, 0.25) is 5.91 Å². The lowest BCUT2D eigenvalue weighted by Gasteiger charge is -2.40. The fraction of sp³-hybridized carbons (Fsp3) is 0.444. The molecule has 1 aliphatic carbocycles. The van der Waals surface area contributed by atoms with Crippen molar-refractivity contribution in [2.24, 2.45) is 7.05 Å². The van der Waals surface area contributed by atoms with Crippen molar-refractivity contribution in [1.29, 1.82) is 0 Å². The highest BCUT2D eigenvalue weighted by Gasteiger charge is 2.45. The number of rotatable bonds is 4. The molecule has 116 valence electrons. The van der Waals surface area contributed by atoms with E-state index in [4.69, 9.17) is 0 Å². The van der Waals surface area contributed by atoms with Gasteiger partial charge in [-0.25, -0.2) is 0 Å². The second-order valence-electron chi connectivity index (χ2n) is 6.26. The van der Waals surface area contributed by atoms with Crippen molar-refractivity contribution in [2.75, 3.05) is 0 Å². The summed E-state index contributed by atoms with van der Waals surface area (Å²) in [6, 6.07) is 10.2. The number of hydrogen-bond donors (Lipinski definition) is 1. The van der Waals surface area contributed by atoms with Crippen molar-refractivity contribution >= 4 is 5.91 Å². The van der Waals surface area contributed by atoms with Gasteiger partial charge in [-0.2, -0.15) is 5.10 Å². The Morgan fingerprint density at radius 3 is 2.45 bits per heavy atom. The van der Waals surface area contributed by atoms with Crippen LogP contribution in [0, 0.1) is 13.8 Å². The molecule has 1 aromatic heterocycles. The Labute approximate surface area is 131 Å².